The molecule has 0 aliphatic heterocycles. The van der Waals surface area contributed by atoms with Gasteiger partial charge in [-0.15, -0.1) is 10.2 Å². The first-order valence-electron chi connectivity index (χ1n) is 5.23. The zero-order chi connectivity index (χ0) is 13.0. The first-order valence-corrected chi connectivity index (χ1v) is 6.42. The number of aryl methyl sites for hydroxylation is 1. The first-order chi connectivity index (χ1) is 8.63. The van der Waals surface area contributed by atoms with Crippen LogP contribution in [0.1, 0.15) is 5.01 Å². The van der Waals surface area contributed by atoms with E-state index < -0.39 is 0 Å². The fourth-order valence-electron chi connectivity index (χ4n) is 1.29. The van der Waals surface area contributed by atoms with Crippen LogP contribution in [0.2, 0.25) is 5.02 Å². The van der Waals surface area contributed by atoms with Gasteiger partial charge in [0.15, 0.2) is 0 Å². The lowest BCUT2D eigenvalue weighted by Crippen LogP contribution is -2.21. The van der Waals surface area contributed by atoms with E-state index in [1.54, 1.807) is 12.1 Å². The summed E-state index contributed by atoms with van der Waals surface area (Å²) >= 11 is 7.17. The minimum Gasteiger partial charge on any atom is -0.376 e. The van der Waals surface area contributed by atoms with Gasteiger partial charge in [0, 0.05) is 10.7 Å². The second kappa shape index (κ2) is 5.79. The van der Waals surface area contributed by atoms with Gasteiger partial charge in [0.05, 0.1) is 6.54 Å². The molecule has 0 unspecified atom stereocenters. The van der Waals surface area contributed by atoms with Gasteiger partial charge >= 0.3 is 0 Å². The Morgan fingerprint density at radius 3 is 2.94 bits per heavy atom. The van der Waals surface area contributed by atoms with Gasteiger partial charge in [0.1, 0.15) is 5.01 Å². The summed E-state index contributed by atoms with van der Waals surface area (Å²) in [5.41, 5.74) is 0.797. The monoisotopic (exact) mass is 282 g/mol. The van der Waals surface area contributed by atoms with Gasteiger partial charge in [-0.25, -0.2) is 0 Å². The molecule has 1 aromatic carbocycles. The molecule has 1 amide bonds. The Morgan fingerprint density at radius 1 is 1.44 bits per heavy atom. The topological polar surface area (TPSA) is 66.9 Å². The molecule has 0 fully saturated rings. The van der Waals surface area contributed by atoms with Crippen LogP contribution in [0, 0.1) is 6.92 Å². The lowest BCUT2D eigenvalue weighted by molar-refractivity contribution is -0.114. The molecule has 1 aromatic heterocycles. The molecule has 1 heterocycles. The number of nitrogens with one attached hydrogen (secondary N) is 2. The third-order valence-corrected chi connectivity index (χ3v) is 3.04. The van der Waals surface area contributed by atoms with Gasteiger partial charge in [0.2, 0.25) is 11.0 Å². The lowest BCUT2D eigenvalue weighted by atomic mass is 10.3. The van der Waals surface area contributed by atoms with Crippen LogP contribution in [0.3, 0.4) is 0 Å². The summed E-state index contributed by atoms with van der Waals surface area (Å²) in [4.78, 5) is 11.6. The van der Waals surface area contributed by atoms with Crippen molar-refractivity contribution >= 4 is 39.7 Å². The van der Waals surface area contributed by atoms with Crippen molar-refractivity contribution in [3.05, 3.63) is 34.3 Å². The number of aromatic nitrogens is 2. The maximum atomic E-state index is 11.6. The van der Waals surface area contributed by atoms with Crippen LogP contribution >= 0.6 is 22.9 Å². The maximum absolute atomic E-state index is 11.6. The predicted molar refractivity (Wildman–Crippen MR) is 73.2 cm³/mol. The van der Waals surface area contributed by atoms with Gasteiger partial charge in [-0.3, -0.25) is 10.1 Å². The summed E-state index contributed by atoms with van der Waals surface area (Å²) in [5, 5.41) is 15.2. The van der Waals surface area contributed by atoms with Crippen LogP contribution in [-0.2, 0) is 4.79 Å². The molecule has 0 aliphatic carbocycles. The highest BCUT2D eigenvalue weighted by Crippen LogP contribution is 2.15. The van der Waals surface area contributed by atoms with E-state index in [1.165, 1.54) is 11.3 Å². The minimum absolute atomic E-state index is 0.152. The molecule has 0 saturated carbocycles. The largest absolute Gasteiger partial charge is 0.376 e. The Labute approximate surface area is 113 Å². The van der Waals surface area contributed by atoms with Gasteiger partial charge in [-0.05, 0) is 25.1 Å². The van der Waals surface area contributed by atoms with Crippen molar-refractivity contribution in [3.8, 4) is 0 Å². The SMILES string of the molecule is Cc1nnc(NC(=O)CNc2cccc(Cl)c2)s1. The summed E-state index contributed by atoms with van der Waals surface area (Å²) in [7, 11) is 0. The van der Waals surface area contributed by atoms with Crippen LogP contribution in [0.5, 0.6) is 0 Å². The van der Waals surface area contributed by atoms with Gasteiger partial charge in [0.25, 0.3) is 0 Å². The van der Waals surface area contributed by atoms with Crippen LogP contribution in [0.25, 0.3) is 0 Å². The van der Waals surface area contributed by atoms with E-state index in [4.69, 9.17) is 11.6 Å². The van der Waals surface area contributed by atoms with Crippen LogP contribution in [-0.4, -0.2) is 22.6 Å². The molecular weight excluding hydrogens is 272 g/mol. The average Bonchev–Trinajstić information content (AvgIpc) is 2.72. The first kappa shape index (κ1) is 12.8. The smallest absolute Gasteiger partial charge is 0.245 e. The summed E-state index contributed by atoms with van der Waals surface area (Å²) in [6.45, 7) is 1.98. The normalized spacial score (nSPS) is 10.1. The molecule has 2 N–H and O–H groups in total. The number of amides is 1. The number of benzene rings is 1. The van der Waals surface area contributed by atoms with Gasteiger partial charge in [-0.2, -0.15) is 0 Å². The second-order valence-electron chi connectivity index (χ2n) is 3.54. The number of hydrogen-bond acceptors (Lipinski definition) is 5. The van der Waals surface area contributed by atoms with E-state index >= 15 is 0 Å². The van der Waals surface area contributed by atoms with Crippen LogP contribution in [0.4, 0.5) is 10.8 Å². The highest BCUT2D eigenvalue weighted by Gasteiger charge is 2.06. The number of hydrogen-bond donors (Lipinski definition) is 2. The summed E-state index contributed by atoms with van der Waals surface area (Å²) < 4.78 is 0. The molecule has 0 radical (unpaired) electrons. The van der Waals surface area contributed by atoms with Crippen molar-refractivity contribution in [3.63, 3.8) is 0 Å². The Bertz CT molecular complexity index is 557. The Kier molecular flexibility index (Phi) is 4.11. The van der Waals surface area contributed by atoms with Crippen molar-refractivity contribution in [1.82, 2.24) is 10.2 Å². The highest BCUT2D eigenvalue weighted by molar-refractivity contribution is 7.15. The van der Waals surface area contributed by atoms with E-state index in [-0.39, 0.29) is 12.5 Å². The molecule has 7 heteroatoms. The summed E-state index contributed by atoms with van der Waals surface area (Å²) in [6.07, 6.45) is 0. The Hall–Kier alpha value is -1.66. The molecule has 0 spiro atoms. The Morgan fingerprint density at radius 2 is 2.28 bits per heavy atom. The van der Waals surface area contributed by atoms with E-state index in [0.29, 0.717) is 10.2 Å². The van der Waals surface area contributed by atoms with Gasteiger partial charge < -0.3 is 5.32 Å². The number of carbonyl (C=O) groups is 1. The fraction of sp³-hybridized carbons (Fsp3) is 0.182. The molecule has 0 bridgehead atoms. The van der Waals surface area contributed by atoms with E-state index in [9.17, 15) is 4.79 Å². The Balaban J connectivity index is 1.85. The number of nitrogens with zero attached hydrogens (tertiary/aromatic N) is 2. The number of halogens is 1. The van der Waals surface area contributed by atoms with Crippen molar-refractivity contribution in [2.24, 2.45) is 0 Å². The lowest BCUT2D eigenvalue weighted by Gasteiger charge is -2.05. The second-order valence-corrected chi connectivity index (χ2v) is 5.16. The van der Waals surface area contributed by atoms with E-state index in [1.807, 2.05) is 19.1 Å². The van der Waals surface area contributed by atoms with E-state index in [0.717, 1.165) is 10.7 Å². The van der Waals surface area contributed by atoms with Crippen molar-refractivity contribution in [2.45, 2.75) is 6.92 Å². The number of rotatable bonds is 4. The standard InChI is InChI=1S/C11H11ClN4OS/c1-7-15-16-11(18-7)14-10(17)6-13-9-4-2-3-8(12)5-9/h2-5,13H,6H2,1H3,(H,14,16,17). The summed E-state index contributed by atoms with van der Waals surface area (Å²) in [6, 6.07) is 7.19. The quantitative estimate of drug-likeness (QED) is 0.904. The van der Waals surface area contributed by atoms with E-state index in [2.05, 4.69) is 20.8 Å². The highest BCUT2D eigenvalue weighted by atomic mass is 35.5. The molecule has 2 aromatic rings. The minimum atomic E-state index is -0.175. The van der Waals surface area contributed by atoms with Gasteiger partial charge in [-0.1, -0.05) is 29.0 Å². The fourth-order valence-corrected chi connectivity index (χ4v) is 2.09. The number of carbonyl (C=O) groups excluding carboxylic acids is 1. The van der Waals surface area contributed by atoms with Crippen molar-refractivity contribution < 1.29 is 4.79 Å². The average molecular weight is 283 g/mol. The van der Waals surface area contributed by atoms with Crippen LogP contribution in [0.15, 0.2) is 24.3 Å². The molecule has 5 nitrogen and oxygen atoms in total. The molecular formula is C11H11ClN4OS. The van der Waals surface area contributed by atoms with Crippen molar-refractivity contribution in [1.29, 1.82) is 0 Å². The molecule has 0 atom stereocenters. The predicted octanol–water partition coefficient (Wildman–Crippen LogP) is 2.55. The third-order valence-electron chi connectivity index (χ3n) is 2.05. The molecule has 0 saturated heterocycles. The molecule has 18 heavy (non-hydrogen) atoms. The zero-order valence-electron chi connectivity index (χ0n) is 9.61. The third kappa shape index (κ3) is 3.68. The van der Waals surface area contributed by atoms with Crippen molar-refractivity contribution in [2.75, 3.05) is 17.2 Å². The molecule has 94 valence electrons. The maximum Gasteiger partial charge on any atom is 0.245 e. The van der Waals surface area contributed by atoms with Crippen LogP contribution < -0.4 is 10.6 Å². The molecule has 2 rings (SSSR count). The summed E-state index contributed by atoms with van der Waals surface area (Å²) in [5.74, 6) is -0.175. The number of anilines is 2. The zero-order valence-corrected chi connectivity index (χ0v) is 11.2. The molecule has 0 aliphatic rings.